The number of fused-ring (bicyclic) bond motifs is 1. The number of carbonyl (C=O) groups is 2. The Labute approximate surface area is 127 Å². The molecule has 1 fully saturated rings. The van der Waals surface area contributed by atoms with Crippen LogP contribution in [0.4, 0.5) is 0 Å². The van der Waals surface area contributed by atoms with E-state index < -0.39 is 12.0 Å². The molecule has 0 unspecified atom stereocenters. The maximum absolute atomic E-state index is 12.3. The van der Waals surface area contributed by atoms with Gasteiger partial charge in [0.05, 0.1) is 18.0 Å². The van der Waals surface area contributed by atoms with E-state index in [1.165, 1.54) is 11.1 Å². The third kappa shape index (κ3) is 2.86. The van der Waals surface area contributed by atoms with E-state index >= 15 is 0 Å². The number of carbonyl (C=O) groups excluding carboxylic acids is 1. The van der Waals surface area contributed by atoms with Crippen molar-refractivity contribution in [1.29, 1.82) is 0 Å². The number of nitrogens with zero attached hydrogens (tertiary/aromatic N) is 2. The predicted octanol–water partition coefficient (Wildman–Crippen LogP) is 0.381. The number of carboxylic acids is 1. The van der Waals surface area contributed by atoms with E-state index in [-0.39, 0.29) is 12.3 Å². The number of hydrogen-bond acceptors (Lipinski definition) is 4. The van der Waals surface area contributed by atoms with Gasteiger partial charge in [0.2, 0.25) is 5.91 Å². The molecule has 0 aliphatic carbocycles. The molecule has 6 nitrogen and oxygen atoms in total. The van der Waals surface area contributed by atoms with Crippen LogP contribution in [0, 0.1) is 0 Å². The molecule has 0 radical (unpaired) electrons. The van der Waals surface area contributed by atoms with Gasteiger partial charge in [-0.25, -0.2) is 4.79 Å². The Morgan fingerprint density at radius 2 is 2.18 bits per heavy atom. The van der Waals surface area contributed by atoms with Crippen molar-refractivity contribution in [3.8, 4) is 0 Å². The fourth-order valence-electron chi connectivity index (χ4n) is 2.68. The van der Waals surface area contributed by atoms with Crippen molar-refractivity contribution in [2.75, 3.05) is 6.54 Å². The van der Waals surface area contributed by atoms with Crippen LogP contribution >= 0.6 is 0 Å². The van der Waals surface area contributed by atoms with Crippen LogP contribution in [0.15, 0.2) is 41.2 Å². The summed E-state index contributed by atoms with van der Waals surface area (Å²) in [7, 11) is 0. The number of likely N-dealkylation sites (tertiary alicyclic amines) is 1. The molecule has 0 spiro atoms. The number of aliphatic carboxylic acids is 1. The van der Waals surface area contributed by atoms with Crippen molar-refractivity contribution in [3.05, 3.63) is 46.8 Å². The average molecular weight is 300 g/mol. The van der Waals surface area contributed by atoms with Crippen LogP contribution < -0.4 is 10.6 Å². The van der Waals surface area contributed by atoms with Gasteiger partial charge in [-0.3, -0.25) is 9.79 Å². The minimum Gasteiger partial charge on any atom is -0.480 e. The highest BCUT2D eigenvalue weighted by atomic mass is 16.5. The van der Waals surface area contributed by atoms with Gasteiger partial charge in [0.25, 0.3) is 0 Å². The van der Waals surface area contributed by atoms with E-state index in [0.29, 0.717) is 25.1 Å². The predicted molar refractivity (Wildman–Crippen MR) is 77.8 cm³/mol. The molecule has 2 heterocycles. The molecule has 1 saturated heterocycles. The molecule has 0 saturated carbocycles. The molecule has 1 amide bonds. The van der Waals surface area contributed by atoms with Gasteiger partial charge in [0.15, 0.2) is 0 Å². The minimum atomic E-state index is -0.953. The average Bonchev–Trinajstić information content (AvgIpc) is 2.92. The lowest BCUT2D eigenvalue weighted by Crippen LogP contribution is -2.40. The van der Waals surface area contributed by atoms with Crippen molar-refractivity contribution in [3.63, 3.8) is 0 Å². The number of benzene rings is 1. The Bertz CT molecular complexity index is 754. The Morgan fingerprint density at radius 1 is 1.36 bits per heavy atom. The number of para-hydroxylation sites is 1. The molecule has 6 heteroatoms. The fraction of sp³-hybridized carbons (Fsp3) is 0.312. The van der Waals surface area contributed by atoms with Crippen LogP contribution in [0.3, 0.4) is 0 Å². The highest BCUT2D eigenvalue weighted by Gasteiger charge is 2.34. The summed E-state index contributed by atoms with van der Waals surface area (Å²) in [5, 5.41) is 10.7. The summed E-state index contributed by atoms with van der Waals surface area (Å²) in [4.78, 5) is 29.2. The molecule has 22 heavy (non-hydrogen) atoms. The molecular formula is C16H16N2O4. The van der Waals surface area contributed by atoms with Crippen LogP contribution in [-0.2, 0) is 14.3 Å². The van der Waals surface area contributed by atoms with Crippen molar-refractivity contribution in [1.82, 2.24) is 4.90 Å². The lowest BCUT2D eigenvalue weighted by Gasteiger charge is -2.21. The normalized spacial score (nSPS) is 19.9. The van der Waals surface area contributed by atoms with Crippen LogP contribution in [0.5, 0.6) is 0 Å². The van der Waals surface area contributed by atoms with Crippen molar-refractivity contribution >= 4 is 18.1 Å². The molecule has 2 aliphatic heterocycles. The highest BCUT2D eigenvalue weighted by molar-refractivity contribution is 5.85. The standard InChI is InChI=1S/C16H16N2O4/c19-15(18-7-3-6-14(18)16(20)21)8-12-9-17-13-5-2-1-4-11(13)10-22-12/h1-2,4-5,9-10,14H,3,6-8H2,(H,20,21)/t14-/m0/s1. The van der Waals surface area contributed by atoms with Gasteiger partial charge >= 0.3 is 5.97 Å². The van der Waals surface area contributed by atoms with Gasteiger partial charge in [-0.1, -0.05) is 12.1 Å². The van der Waals surface area contributed by atoms with E-state index in [2.05, 4.69) is 4.99 Å². The number of carboxylic acid groups (broad SMARTS) is 1. The highest BCUT2D eigenvalue weighted by Crippen LogP contribution is 2.20. The molecule has 1 aromatic rings. The molecular weight excluding hydrogens is 284 g/mol. The van der Waals surface area contributed by atoms with Gasteiger partial charge in [-0.05, 0) is 25.0 Å². The number of amides is 1. The van der Waals surface area contributed by atoms with E-state index in [4.69, 9.17) is 9.84 Å². The topological polar surface area (TPSA) is 79.2 Å². The SMILES string of the molecule is O=C(O)[C@@H]1CCCN1C(=O)CC1=CN=c2ccccc2=CO1. The fourth-order valence-corrected chi connectivity index (χ4v) is 2.68. The lowest BCUT2D eigenvalue weighted by atomic mass is 10.2. The van der Waals surface area contributed by atoms with Gasteiger partial charge < -0.3 is 14.7 Å². The maximum Gasteiger partial charge on any atom is 0.326 e. The van der Waals surface area contributed by atoms with E-state index in [0.717, 1.165) is 10.6 Å². The first-order chi connectivity index (χ1) is 10.6. The van der Waals surface area contributed by atoms with Crippen LogP contribution in [0.1, 0.15) is 19.3 Å². The summed E-state index contributed by atoms with van der Waals surface area (Å²) in [6.07, 6.45) is 4.31. The summed E-state index contributed by atoms with van der Waals surface area (Å²) >= 11 is 0. The Kier molecular flexibility index (Phi) is 3.91. The third-order valence-electron chi connectivity index (χ3n) is 3.81. The van der Waals surface area contributed by atoms with Crippen molar-refractivity contribution < 1.29 is 19.4 Å². The van der Waals surface area contributed by atoms with Crippen molar-refractivity contribution in [2.24, 2.45) is 4.99 Å². The monoisotopic (exact) mass is 300 g/mol. The minimum absolute atomic E-state index is 0.0117. The second-order valence-electron chi connectivity index (χ2n) is 5.28. The zero-order chi connectivity index (χ0) is 15.5. The molecule has 1 N–H and O–H groups in total. The molecule has 2 aliphatic rings. The summed E-state index contributed by atoms with van der Waals surface area (Å²) in [5.74, 6) is -0.784. The quantitative estimate of drug-likeness (QED) is 0.875. The molecule has 1 aromatic carbocycles. The second kappa shape index (κ2) is 6.01. The Morgan fingerprint density at radius 3 is 3.00 bits per heavy atom. The van der Waals surface area contributed by atoms with Gasteiger partial charge in [0.1, 0.15) is 18.1 Å². The number of ether oxygens (including phenoxy) is 1. The first-order valence-corrected chi connectivity index (χ1v) is 7.16. The van der Waals surface area contributed by atoms with Gasteiger partial charge in [-0.2, -0.15) is 0 Å². The molecule has 0 bridgehead atoms. The van der Waals surface area contributed by atoms with Gasteiger partial charge in [-0.15, -0.1) is 0 Å². The molecule has 114 valence electrons. The Balaban J connectivity index is 1.74. The van der Waals surface area contributed by atoms with Crippen LogP contribution in [0.25, 0.3) is 6.26 Å². The zero-order valence-corrected chi connectivity index (χ0v) is 11.9. The van der Waals surface area contributed by atoms with Crippen LogP contribution in [-0.4, -0.2) is 34.5 Å². The lowest BCUT2D eigenvalue weighted by molar-refractivity contribution is -0.148. The summed E-state index contributed by atoms with van der Waals surface area (Å²) in [6.45, 7) is 0.476. The summed E-state index contributed by atoms with van der Waals surface area (Å²) in [6, 6.07) is 6.76. The Hall–Kier alpha value is -2.63. The summed E-state index contributed by atoms with van der Waals surface area (Å²) in [5.41, 5.74) is 0. The first kappa shape index (κ1) is 14.3. The van der Waals surface area contributed by atoms with E-state index in [9.17, 15) is 9.59 Å². The summed E-state index contributed by atoms with van der Waals surface area (Å²) < 4.78 is 5.50. The van der Waals surface area contributed by atoms with E-state index in [1.807, 2.05) is 24.3 Å². The van der Waals surface area contributed by atoms with E-state index in [1.54, 1.807) is 6.26 Å². The van der Waals surface area contributed by atoms with Crippen LogP contribution in [0.2, 0.25) is 0 Å². The second-order valence-corrected chi connectivity index (χ2v) is 5.28. The number of hydrogen-bond donors (Lipinski definition) is 1. The number of rotatable bonds is 3. The third-order valence-corrected chi connectivity index (χ3v) is 3.81. The first-order valence-electron chi connectivity index (χ1n) is 7.16. The van der Waals surface area contributed by atoms with Crippen molar-refractivity contribution in [2.45, 2.75) is 25.3 Å². The maximum atomic E-state index is 12.3. The molecule has 1 atom stereocenters. The smallest absolute Gasteiger partial charge is 0.326 e. The molecule has 0 aromatic heterocycles. The molecule has 3 rings (SSSR count). The van der Waals surface area contributed by atoms with Gasteiger partial charge in [0, 0.05) is 11.8 Å². The largest absolute Gasteiger partial charge is 0.480 e. The zero-order valence-electron chi connectivity index (χ0n) is 11.9.